The Hall–Kier alpha value is -3.57. The molecule has 148 valence electrons. The number of nitrogens with one attached hydrogen (secondary N) is 1. The van der Waals surface area contributed by atoms with Crippen molar-refractivity contribution in [1.82, 2.24) is 14.8 Å². The fraction of sp³-hybridized carbons (Fsp3) is 0.182. The first-order valence-electron chi connectivity index (χ1n) is 9.59. The quantitative estimate of drug-likeness (QED) is 0.466. The Bertz CT molecular complexity index is 1270. The minimum Gasteiger partial charge on any atom is -0.443 e. The van der Waals surface area contributed by atoms with E-state index in [1.165, 1.54) is 11.8 Å². The lowest BCUT2D eigenvalue weighted by Crippen LogP contribution is -2.15. The fourth-order valence-corrected chi connectivity index (χ4v) is 4.11. The molecule has 0 atom stereocenters. The minimum absolute atomic E-state index is 0.0954. The number of fused-ring (bicyclic) bond motifs is 1. The van der Waals surface area contributed by atoms with E-state index in [-0.39, 0.29) is 17.4 Å². The summed E-state index contributed by atoms with van der Waals surface area (Å²) in [6, 6.07) is 19.2. The van der Waals surface area contributed by atoms with Gasteiger partial charge in [0.2, 0.25) is 11.7 Å². The molecule has 1 amide bonds. The molecular formula is C22H17N5O2S. The van der Waals surface area contributed by atoms with E-state index in [1.807, 2.05) is 59.2 Å². The molecule has 0 bridgehead atoms. The monoisotopic (exact) mass is 415 g/mol. The second-order valence-corrected chi connectivity index (χ2v) is 7.98. The molecule has 0 spiro atoms. The number of rotatable bonds is 6. The zero-order chi connectivity index (χ0) is 20.5. The maximum atomic E-state index is 12.7. The highest BCUT2D eigenvalue weighted by atomic mass is 32.2. The van der Waals surface area contributed by atoms with Crippen LogP contribution in [-0.4, -0.2) is 26.4 Å². The van der Waals surface area contributed by atoms with Gasteiger partial charge in [0.15, 0.2) is 5.16 Å². The number of furan rings is 1. The topological polar surface area (TPSA) is 96.7 Å². The molecular weight excluding hydrogens is 398 g/mol. The summed E-state index contributed by atoms with van der Waals surface area (Å²) >= 11 is 1.32. The molecule has 8 heteroatoms. The molecule has 2 heterocycles. The van der Waals surface area contributed by atoms with Gasteiger partial charge >= 0.3 is 0 Å². The van der Waals surface area contributed by atoms with E-state index in [0.717, 1.165) is 24.4 Å². The summed E-state index contributed by atoms with van der Waals surface area (Å²) in [6.45, 7) is 0. The molecule has 4 aromatic rings. The van der Waals surface area contributed by atoms with E-state index in [2.05, 4.69) is 15.5 Å². The van der Waals surface area contributed by atoms with Gasteiger partial charge in [-0.3, -0.25) is 9.36 Å². The van der Waals surface area contributed by atoms with Crippen molar-refractivity contribution in [1.29, 1.82) is 5.26 Å². The molecule has 1 aliphatic rings. The van der Waals surface area contributed by atoms with Crippen LogP contribution in [0.15, 0.2) is 64.2 Å². The number of nitrogens with zero attached hydrogens (tertiary/aromatic N) is 4. The van der Waals surface area contributed by atoms with Crippen molar-refractivity contribution in [3.63, 3.8) is 0 Å². The number of hydrogen-bond acceptors (Lipinski definition) is 6. The van der Waals surface area contributed by atoms with Crippen LogP contribution >= 0.6 is 11.8 Å². The molecule has 0 radical (unpaired) electrons. The fourth-order valence-electron chi connectivity index (χ4n) is 3.35. The van der Waals surface area contributed by atoms with Crippen molar-refractivity contribution in [2.24, 2.45) is 0 Å². The van der Waals surface area contributed by atoms with Gasteiger partial charge in [0.05, 0.1) is 5.75 Å². The van der Waals surface area contributed by atoms with Crippen LogP contribution in [0.4, 0.5) is 5.69 Å². The highest BCUT2D eigenvalue weighted by Gasteiger charge is 2.31. The van der Waals surface area contributed by atoms with Gasteiger partial charge in [-0.05, 0) is 37.1 Å². The largest absolute Gasteiger partial charge is 0.443 e. The second kappa shape index (κ2) is 7.69. The Balaban J connectivity index is 1.36. The smallest absolute Gasteiger partial charge is 0.234 e. The molecule has 1 aliphatic carbocycles. The van der Waals surface area contributed by atoms with Crippen molar-refractivity contribution < 1.29 is 9.21 Å². The number of amides is 1. The lowest BCUT2D eigenvalue weighted by Gasteiger charge is -2.09. The Labute approximate surface area is 176 Å². The summed E-state index contributed by atoms with van der Waals surface area (Å²) in [5.41, 5.74) is 1.96. The Kier molecular flexibility index (Phi) is 4.73. The van der Waals surface area contributed by atoms with E-state index in [1.54, 1.807) is 6.07 Å². The Morgan fingerprint density at radius 2 is 1.93 bits per heavy atom. The van der Waals surface area contributed by atoms with Crippen LogP contribution in [0.3, 0.4) is 0 Å². The third kappa shape index (κ3) is 3.44. The van der Waals surface area contributed by atoms with Crippen molar-refractivity contribution in [3.8, 4) is 11.8 Å². The molecule has 7 nitrogen and oxygen atoms in total. The minimum atomic E-state index is -0.237. The van der Waals surface area contributed by atoms with Crippen LogP contribution in [0.1, 0.15) is 30.3 Å². The number of hydrogen-bond donors (Lipinski definition) is 1. The summed E-state index contributed by atoms with van der Waals surface area (Å²) in [6.07, 6.45) is 2.22. The van der Waals surface area contributed by atoms with Gasteiger partial charge < -0.3 is 9.73 Å². The first kappa shape index (κ1) is 18.5. The number of para-hydroxylation sites is 2. The zero-order valence-electron chi connectivity index (χ0n) is 15.9. The summed E-state index contributed by atoms with van der Waals surface area (Å²) < 4.78 is 7.55. The first-order chi connectivity index (χ1) is 14.7. The summed E-state index contributed by atoms with van der Waals surface area (Å²) in [5.74, 6) is 1.37. The SMILES string of the molecule is N#Cc1oc2ccccc2c1NC(=O)CSc1nnc(C2CC2)n1-c1ccccc1. The normalized spacial score (nSPS) is 13.3. The van der Waals surface area contributed by atoms with E-state index >= 15 is 0 Å². The van der Waals surface area contributed by atoms with Crippen LogP contribution in [0, 0.1) is 11.3 Å². The van der Waals surface area contributed by atoms with Crippen molar-refractivity contribution in [2.75, 3.05) is 11.1 Å². The van der Waals surface area contributed by atoms with Gasteiger partial charge in [-0.2, -0.15) is 5.26 Å². The number of anilines is 1. The van der Waals surface area contributed by atoms with Crippen LogP contribution in [0.25, 0.3) is 16.7 Å². The highest BCUT2D eigenvalue weighted by molar-refractivity contribution is 7.99. The zero-order valence-corrected chi connectivity index (χ0v) is 16.7. The summed E-state index contributed by atoms with van der Waals surface area (Å²) in [5, 5.41) is 22.3. The Morgan fingerprint density at radius 3 is 2.70 bits per heavy atom. The number of aromatic nitrogens is 3. The maximum absolute atomic E-state index is 12.7. The molecule has 1 fully saturated rings. The number of thioether (sulfide) groups is 1. The van der Waals surface area contributed by atoms with Gasteiger partial charge in [-0.1, -0.05) is 42.1 Å². The van der Waals surface area contributed by atoms with Gasteiger partial charge in [0, 0.05) is 17.0 Å². The predicted molar refractivity (Wildman–Crippen MR) is 114 cm³/mol. The van der Waals surface area contributed by atoms with Gasteiger partial charge in [-0.15, -0.1) is 10.2 Å². The second-order valence-electron chi connectivity index (χ2n) is 7.04. The molecule has 2 aromatic heterocycles. The molecule has 1 N–H and O–H groups in total. The molecule has 2 aromatic carbocycles. The first-order valence-corrected chi connectivity index (χ1v) is 10.6. The number of carbonyl (C=O) groups excluding carboxylic acids is 1. The van der Waals surface area contributed by atoms with Crippen LogP contribution in [0.5, 0.6) is 0 Å². The molecule has 0 unspecified atom stereocenters. The average Bonchev–Trinajstić information content (AvgIpc) is 3.44. The van der Waals surface area contributed by atoms with E-state index in [4.69, 9.17) is 4.42 Å². The number of carbonyl (C=O) groups is 1. The standard InChI is InChI=1S/C22H17N5O2S/c23-12-18-20(16-8-4-5-9-17(16)29-18)24-19(28)13-30-22-26-25-21(14-10-11-14)27(22)15-6-2-1-3-7-15/h1-9,14H,10-11,13H2,(H,24,28). The van der Waals surface area contributed by atoms with E-state index in [9.17, 15) is 10.1 Å². The van der Waals surface area contributed by atoms with Crippen LogP contribution < -0.4 is 5.32 Å². The summed E-state index contributed by atoms with van der Waals surface area (Å²) in [4.78, 5) is 12.7. The predicted octanol–water partition coefficient (Wildman–Crippen LogP) is 4.49. The van der Waals surface area contributed by atoms with Crippen LogP contribution in [0.2, 0.25) is 0 Å². The number of nitriles is 1. The third-order valence-electron chi connectivity index (χ3n) is 4.91. The number of benzene rings is 2. The van der Waals surface area contributed by atoms with Gasteiger partial charge in [-0.25, -0.2) is 0 Å². The van der Waals surface area contributed by atoms with Crippen molar-refractivity contribution >= 4 is 34.3 Å². The van der Waals surface area contributed by atoms with Crippen molar-refractivity contribution in [3.05, 3.63) is 66.2 Å². The molecule has 5 rings (SSSR count). The summed E-state index contributed by atoms with van der Waals surface area (Å²) in [7, 11) is 0. The van der Waals surface area contributed by atoms with Gasteiger partial charge in [0.25, 0.3) is 0 Å². The third-order valence-corrected chi connectivity index (χ3v) is 5.84. The molecule has 0 saturated heterocycles. The van der Waals surface area contributed by atoms with Crippen LogP contribution in [-0.2, 0) is 4.79 Å². The van der Waals surface area contributed by atoms with E-state index in [0.29, 0.717) is 27.7 Å². The Morgan fingerprint density at radius 1 is 1.17 bits per heavy atom. The maximum Gasteiger partial charge on any atom is 0.234 e. The average molecular weight is 415 g/mol. The van der Waals surface area contributed by atoms with E-state index < -0.39 is 0 Å². The highest BCUT2D eigenvalue weighted by Crippen LogP contribution is 2.41. The molecule has 0 aliphatic heterocycles. The van der Waals surface area contributed by atoms with Gasteiger partial charge in [0.1, 0.15) is 23.2 Å². The molecule has 30 heavy (non-hydrogen) atoms. The van der Waals surface area contributed by atoms with Crippen molar-refractivity contribution in [2.45, 2.75) is 23.9 Å². The molecule has 1 saturated carbocycles. The lowest BCUT2D eigenvalue weighted by molar-refractivity contribution is -0.113. The lowest BCUT2D eigenvalue weighted by atomic mass is 10.2.